The number of amides is 1. The smallest absolute Gasteiger partial charge is 0.275 e. The molecule has 0 saturated carbocycles. The molecule has 2 aliphatic rings. The summed E-state index contributed by atoms with van der Waals surface area (Å²) in [5.74, 6) is -0.144. The van der Waals surface area contributed by atoms with E-state index in [1.165, 1.54) is 12.5 Å². The molecule has 0 aliphatic carbocycles. The first-order chi connectivity index (χ1) is 11.4. The fraction of sp³-hybridized carbons (Fsp3) is 0.588. The van der Waals surface area contributed by atoms with Crippen LogP contribution in [0.5, 0.6) is 0 Å². The molecular weight excluding hydrogens is 341 g/mol. The largest absolute Gasteiger partial charge is 0.416 e. The quantitative estimate of drug-likeness (QED) is 0.808. The average molecular weight is 361 g/mol. The number of hydrogen-bond donors (Lipinski definition) is 0. The SMILES string of the molecule is O=C1C(Cc2ccc(C(F)(F)F)cc2Cl)CCN1N1CCCCC1. The van der Waals surface area contributed by atoms with Gasteiger partial charge in [-0.1, -0.05) is 24.1 Å². The van der Waals surface area contributed by atoms with Gasteiger partial charge in [-0.05, 0) is 43.4 Å². The Bertz CT molecular complexity index is 614. The van der Waals surface area contributed by atoms with Gasteiger partial charge in [-0.15, -0.1) is 0 Å². The zero-order valence-corrected chi connectivity index (χ0v) is 14.0. The van der Waals surface area contributed by atoms with E-state index in [4.69, 9.17) is 11.6 Å². The third kappa shape index (κ3) is 3.70. The Balaban J connectivity index is 1.67. The normalized spacial score (nSPS) is 23.1. The molecule has 1 unspecified atom stereocenters. The van der Waals surface area contributed by atoms with E-state index in [0.29, 0.717) is 24.9 Å². The molecular formula is C17H20ClF3N2O. The van der Waals surface area contributed by atoms with Crippen LogP contribution in [0, 0.1) is 5.92 Å². The number of piperidine rings is 1. The fourth-order valence-corrected chi connectivity index (χ4v) is 3.72. The first-order valence-electron chi connectivity index (χ1n) is 8.28. The Labute approximate surface area is 144 Å². The van der Waals surface area contributed by atoms with Crippen LogP contribution in [-0.2, 0) is 17.4 Å². The van der Waals surface area contributed by atoms with Gasteiger partial charge >= 0.3 is 6.18 Å². The molecule has 24 heavy (non-hydrogen) atoms. The van der Waals surface area contributed by atoms with Crippen LogP contribution in [0.15, 0.2) is 18.2 Å². The minimum absolute atomic E-state index is 0.0628. The van der Waals surface area contributed by atoms with Gasteiger partial charge in [-0.2, -0.15) is 13.2 Å². The topological polar surface area (TPSA) is 23.6 Å². The monoisotopic (exact) mass is 360 g/mol. The lowest BCUT2D eigenvalue weighted by Crippen LogP contribution is -2.47. The van der Waals surface area contributed by atoms with E-state index in [9.17, 15) is 18.0 Å². The Morgan fingerprint density at radius 3 is 2.46 bits per heavy atom. The van der Waals surface area contributed by atoms with Gasteiger partial charge in [0.1, 0.15) is 0 Å². The second kappa shape index (κ2) is 6.92. The van der Waals surface area contributed by atoms with E-state index < -0.39 is 11.7 Å². The minimum Gasteiger partial charge on any atom is -0.275 e. The molecule has 1 amide bonds. The van der Waals surface area contributed by atoms with E-state index in [1.807, 2.05) is 5.01 Å². The summed E-state index contributed by atoms with van der Waals surface area (Å²) >= 11 is 6.01. The number of hydrazine groups is 1. The van der Waals surface area contributed by atoms with Gasteiger partial charge in [-0.3, -0.25) is 9.80 Å². The maximum atomic E-state index is 12.7. The molecule has 0 radical (unpaired) electrons. The third-order valence-electron chi connectivity index (χ3n) is 4.81. The number of nitrogens with zero attached hydrogens (tertiary/aromatic N) is 2. The second-order valence-corrected chi connectivity index (χ2v) is 6.88. The molecule has 3 nitrogen and oxygen atoms in total. The number of alkyl halides is 3. The molecule has 0 aromatic heterocycles. The molecule has 1 aromatic carbocycles. The number of benzene rings is 1. The molecule has 132 valence electrons. The first kappa shape index (κ1) is 17.5. The van der Waals surface area contributed by atoms with Crippen molar-refractivity contribution in [1.29, 1.82) is 0 Å². The number of hydrogen-bond acceptors (Lipinski definition) is 2. The highest BCUT2D eigenvalue weighted by Crippen LogP contribution is 2.34. The van der Waals surface area contributed by atoms with Crippen LogP contribution in [0.3, 0.4) is 0 Å². The Morgan fingerprint density at radius 2 is 1.83 bits per heavy atom. The van der Waals surface area contributed by atoms with Gasteiger partial charge in [-0.25, -0.2) is 5.01 Å². The average Bonchev–Trinajstić information content (AvgIpc) is 2.90. The lowest BCUT2D eigenvalue weighted by Gasteiger charge is -2.34. The summed E-state index contributed by atoms with van der Waals surface area (Å²) in [5, 5.41) is 4.01. The minimum atomic E-state index is -4.41. The van der Waals surface area contributed by atoms with Crippen molar-refractivity contribution in [3.63, 3.8) is 0 Å². The molecule has 2 heterocycles. The zero-order chi connectivity index (χ0) is 17.3. The molecule has 3 rings (SSSR count). The summed E-state index contributed by atoms with van der Waals surface area (Å²) in [6, 6.07) is 3.36. The molecule has 2 aliphatic heterocycles. The van der Waals surface area contributed by atoms with Gasteiger partial charge in [0.05, 0.1) is 5.56 Å². The van der Waals surface area contributed by atoms with Crippen molar-refractivity contribution in [3.8, 4) is 0 Å². The molecule has 2 fully saturated rings. The number of carbonyl (C=O) groups is 1. The van der Waals surface area contributed by atoms with E-state index in [0.717, 1.165) is 38.1 Å². The first-order valence-corrected chi connectivity index (χ1v) is 8.66. The van der Waals surface area contributed by atoms with Crippen LogP contribution in [0.1, 0.15) is 36.8 Å². The van der Waals surface area contributed by atoms with Crippen LogP contribution in [0.25, 0.3) is 0 Å². The Hall–Kier alpha value is -1.27. The Morgan fingerprint density at radius 1 is 1.12 bits per heavy atom. The van der Waals surface area contributed by atoms with E-state index >= 15 is 0 Å². The maximum Gasteiger partial charge on any atom is 0.416 e. The van der Waals surface area contributed by atoms with Crippen LogP contribution >= 0.6 is 11.6 Å². The van der Waals surface area contributed by atoms with Crippen LogP contribution in [-0.4, -0.2) is 35.6 Å². The van der Waals surface area contributed by atoms with Crippen molar-refractivity contribution >= 4 is 17.5 Å². The van der Waals surface area contributed by atoms with Crippen molar-refractivity contribution in [1.82, 2.24) is 10.0 Å². The van der Waals surface area contributed by atoms with Gasteiger partial charge < -0.3 is 0 Å². The summed E-state index contributed by atoms with van der Waals surface area (Å²) in [5.41, 5.74) is -0.160. The number of carbonyl (C=O) groups excluding carboxylic acids is 1. The molecule has 2 saturated heterocycles. The molecule has 0 N–H and O–H groups in total. The number of halogens is 4. The van der Waals surface area contributed by atoms with Gasteiger partial charge in [0.2, 0.25) is 5.91 Å². The third-order valence-corrected chi connectivity index (χ3v) is 5.17. The van der Waals surface area contributed by atoms with Crippen molar-refractivity contribution in [2.24, 2.45) is 5.92 Å². The van der Waals surface area contributed by atoms with Crippen LogP contribution < -0.4 is 0 Å². The number of rotatable bonds is 3. The lowest BCUT2D eigenvalue weighted by atomic mass is 9.97. The molecule has 1 aromatic rings. The summed E-state index contributed by atoms with van der Waals surface area (Å²) < 4.78 is 38.1. The van der Waals surface area contributed by atoms with Crippen molar-refractivity contribution in [3.05, 3.63) is 34.3 Å². The maximum absolute atomic E-state index is 12.7. The molecule has 0 bridgehead atoms. The lowest BCUT2D eigenvalue weighted by molar-refractivity contribution is -0.147. The predicted octanol–water partition coefficient (Wildman–Crippen LogP) is 4.15. The van der Waals surface area contributed by atoms with E-state index in [-0.39, 0.29) is 16.8 Å². The van der Waals surface area contributed by atoms with Crippen molar-refractivity contribution in [2.75, 3.05) is 19.6 Å². The molecule has 1 atom stereocenters. The highest BCUT2D eigenvalue weighted by Gasteiger charge is 2.36. The van der Waals surface area contributed by atoms with E-state index in [2.05, 4.69) is 5.01 Å². The van der Waals surface area contributed by atoms with Gasteiger partial charge in [0.25, 0.3) is 0 Å². The summed E-state index contributed by atoms with van der Waals surface area (Å²) in [6.45, 7) is 2.49. The van der Waals surface area contributed by atoms with Crippen molar-refractivity contribution in [2.45, 2.75) is 38.3 Å². The van der Waals surface area contributed by atoms with Gasteiger partial charge in [0, 0.05) is 30.6 Å². The highest BCUT2D eigenvalue weighted by molar-refractivity contribution is 6.31. The Kier molecular flexibility index (Phi) is 5.06. The van der Waals surface area contributed by atoms with Crippen LogP contribution in [0.2, 0.25) is 5.02 Å². The summed E-state index contributed by atoms with van der Waals surface area (Å²) in [7, 11) is 0. The standard InChI is InChI=1S/C17H20ClF3N2O/c18-15-11-14(17(19,20)21)5-4-12(15)10-13-6-9-23(16(13)24)22-7-2-1-3-8-22/h4-5,11,13H,1-3,6-10H2. The fourth-order valence-electron chi connectivity index (χ4n) is 3.47. The van der Waals surface area contributed by atoms with E-state index in [1.54, 1.807) is 0 Å². The summed E-state index contributed by atoms with van der Waals surface area (Å²) in [6.07, 6.45) is 0.0880. The highest BCUT2D eigenvalue weighted by atomic mass is 35.5. The van der Waals surface area contributed by atoms with Crippen molar-refractivity contribution < 1.29 is 18.0 Å². The van der Waals surface area contributed by atoms with Gasteiger partial charge in [0.15, 0.2) is 0 Å². The predicted molar refractivity (Wildman–Crippen MR) is 85.4 cm³/mol. The van der Waals surface area contributed by atoms with Crippen LogP contribution in [0.4, 0.5) is 13.2 Å². The zero-order valence-electron chi connectivity index (χ0n) is 13.3. The second-order valence-electron chi connectivity index (χ2n) is 6.47. The molecule has 0 spiro atoms. The molecule has 7 heteroatoms. The summed E-state index contributed by atoms with van der Waals surface area (Å²) in [4.78, 5) is 12.6.